The minimum absolute atomic E-state index is 0.630. The highest BCUT2D eigenvalue weighted by Gasteiger charge is 2.29. The standard InChI is InChI=1S/C14H30N2/c1-4-5-6-9-13(3)16-10-7-8-12(2)14(16)11-15/h12-14H,4-11,15H2,1-3H3. The summed E-state index contributed by atoms with van der Waals surface area (Å²) in [6.07, 6.45) is 8.14. The van der Waals surface area contributed by atoms with Crippen molar-refractivity contribution in [3.8, 4) is 0 Å². The lowest BCUT2D eigenvalue weighted by atomic mass is 9.89. The molecule has 0 spiro atoms. The molecule has 0 radical (unpaired) electrons. The SMILES string of the molecule is CCCCCC(C)N1CCCC(C)C1CN. The molecule has 0 amide bonds. The van der Waals surface area contributed by atoms with Gasteiger partial charge in [0.05, 0.1) is 0 Å². The Morgan fingerprint density at radius 1 is 1.38 bits per heavy atom. The van der Waals surface area contributed by atoms with E-state index < -0.39 is 0 Å². The van der Waals surface area contributed by atoms with Gasteiger partial charge in [-0.15, -0.1) is 0 Å². The van der Waals surface area contributed by atoms with Crippen LogP contribution in [0.5, 0.6) is 0 Å². The van der Waals surface area contributed by atoms with E-state index in [0.29, 0.717) is 6.04 Å². The Morgan fingerprint density at radius 3 is 2.75 bits per heavy atom. The summed E-state index contributed by atoms with van der Waals surface area (Å²) >= 11 is 0. The van der Waals surface area contributed by atoms with Crippen LogP contribution in [0.3, 0.4) is 0 Å². The van der Waals surface area contributed by atoms with E-state index in [-0.39, 0.29) is 0 Å². The molecule has 0 bridgehead atoms. The van der Waals surface area contributed by atoms with Gasteiger partial charge in [-0.05, 0) is 38.6 Å². The summed E-state index contributed by atoms with van der Waals surface area (Å²) in [4.78, 5) is 2.67. The Balaban J connectivity index is 2.42. The van der Waals surface area contributed by atoms with Gasteiger partial charge in [0.15, 0.2) is 0 Å². The summed E-state index contributed by atoms with van der Waals surface area (Å²) in [6, 6.07) is 1.35. The molecular formula is C14H30N2. The molecule has 3 unspecified atom stereocenters. The van der Waals surface area contributed by atoms with E-state index in [1.165, 1.54) is 45.1 Å². The number of hydrogen-bond donors (Lipinski definition) is 1. The molecule has 96 valence electrons. The third kappa shape index (κ3) is 3.74. The van der Waals surface area contributed by atoms with Crippen molar-refractivity contribution in [3.05, 3.63) is 0 Å². The van der Waals surface area contributed by atoms with E-state index in [9.17, 15) is 0 Å². The summed E-state index contributed by atoms with van der Waals surface area (Å²) in [5.41, 5.74) is 5.94. The van der Waals surface area contributed by atoms with Gasteiger partial charge in [0.25, 0.3) is 0 Å². The third-order valence-electron chi connectivity index (χ3n) is 4.19. The van der Waals surface area contributed by atoms with Crippen molar-refractivity contribution in [1.29, 1.82) is 0 Å². The number of likely N-dealkylation sites (tertiary alicyclic amines) is 1. The number of nitrogens with two attached hydrogens (primary N) is 1. The van der Waals surface area contributed by atoms with Crippen molar-refractivity contribution < 1.29 is 0 Å². The molecule has 1 heterocycles. The van der Waals surface area contributed by atoms with Gasteiger partial charge in [-0.1, -0.05) is 33.1 Å². The maximum Gasteiger partial charge on any atom is 0.0246 e. The largest absolute Gasteiger partial charge is 0.329 e. The highest BCUT2D eigenvalue weighted by atomic mass is 15.2. The molecule has 1 saturated heterocycles. The van der Waals surface area contributed by atoms with E-state index in [4.69, 9.17) is 5.73 Å². The normalized spacial score (nSPS) is 29.2. The van der Waals surface area contributed by atoms with Crippen LogP contribution in [0.25, 0.3) is 0 Å². The van der Waals surface area contributed by atoms with Crippen LogP contribution in [-0.2, 0) is 0 Å². The molecule has 16 heavy (non-hydrogen) atoms. The lowest BCUT2D eigenvalue weighted by Gasteiger charge is -2.43. The fourth-order valence-electron chi connectivity index (χ4n) is 3.05. The van der Waals surface area contributed by atoms with Gasteiger partial charge in [-0.3, -0.25) is 4.90 Å². The van der Waals surface area contributed by atoms with Crippen LogP contribution < -0.4 is 5.73 Å². The molecule has 1 fully saturated rings. The number of piperidine rings is 1. The topological polar surface area (TPSA) is 29.3 Å². The lowest BCUT2D eigenvalue weighted by molar-refractivity contribution is 0.0646. The molecule has 3 atom stereocenters. The van der Waals surface area contributed by atoms with Gasteiger partial charge in [-0.25, -0.2) is 0 Å². The van der Waals surface area contributed by atoms with Crippen LogP contribution >= 0.6 is 0 Å². The molecule has 0 aromatic carbocycles. The van der Waals surface area contributed by atoms with E-state index in [2.05, 4.69) is 25.7 Å². The molecule has 0 saturated carbocycles. The van der Waals surface area contributed by atoms with Crippen molar-refractivity contribution in [2.45, 2.75) is 71.4 Å². The molecule has 0 aromatic heterocycles. The summed E-state index contributed by atoms with van der Waals surface area (Å²) in [7, 11) is 0. The molecule has 2 heteroatoms. The van der Waals surface area contributed by atoms with E-state index in [1.807, 2.05) is 0 Å². The highest BCUT2D eigenvalue weighted by Crippen LogP contribution is 2.26. The molecule has 2 N–H and O–H groups in total. The van der Waals surface area contributed by atoms with Crippen LogP contribution in [0.2, 0.25) is 0 Å². The lowest BCUT2D eigenvalue weighted by Crippen LogP contribution is -2.52. The summed E-state index contributed by atoms with van der Waals surface area (Å²) in [5, 5.41) is 0. The van der Waals surface area contributed by atoms with Crippen molar-refractivity contribution in [2.75, 3.05) is 13.1 Å². The Kier molecular flexibility index (Phi) is 6.37. The second-order valence-corrected chi connectivity index (χ2v) is 5.51. The van der Waals surface area contributed by atoms with E-state index in [1.54, 1.807) is 0 Å². The van der Waals surface area contributed by atoms with Gasteiger partial charge >= 0.3 is 0 Å². The van der Waals surface area contributed by atoms with Gasteiger partial charge in [0.1, 0.15) is 0 Å². The first-order valence-corrected chi connectivity index (χ1v) is 7.16. The first-order valence-electron chi connectivity index (χ1n) is 7.16. The van der Waals surface area contributed by atoms with Crippen molar-refractivity contribution in [2.24, 2.45) is 11.7 Å². The fraction of sp³-hybridized carbons (Fsp3) is 1.00. The Hall–Kier alpha value is -0.0800. The van der Waals surface area contributed by atoms with Crippen molar-refractivity contribution in [3.63, 3.8) is 0 Å². The molecular weight excluding hydrogens is 196 g/mol. The van der Waals surface area contributed by atoms with E-state index >= 15 is 0 Å². The average Bonchev–Trinajstić information content (AvgIpc) is 2.29. The van der Waals surface area contributed by atoms with Gasteiger partial charge in [0.2, 0.25) is 0 Å². The number of hydrogen-bond acceptors (Lipinski definition) is 2. The highest BCUT2D eigenvalue weighted by molar-refractivity contribution is 4.85. The molecule has 0 aliphatic carbocycles. The first kappa shape index (κ1) is 14.0. The molecule has 1 aliphatic heterocycles. The van der Waals surface area contributed by atoms with Crippen LogP contribution in [0, 0.1) is 5.92 Å². The van der Waals surface area contributed by atoms with Gasteiger partial charge in [-0.2, -0.15) is 0 Å². The summed E-state index contributed by atoms with van der Waals surface area (Å²) < 4.78 is 0. The zero-order valence-corrected chi connectivity index (χ0v) is 11.4. The molecule has 0 aromatic rings. The predicted octanol–water partition coefficient (Wildman–Crippen LogP) is 3.01. The maximum atomic E-state index is 5.94. The zero-order chi connectivity index (χ0) is 12.0. The van der Waals surface area contributed by atoms with Gasteiger partial charge in [0, 0.05) is 18.6 Å². The van der Waals surface area contributed by atoms with Crippen LogP contribution in [0.4, 0.5) is 0 Å². The number of rotatable bonds is 6. The molecule has 1 aliphatic rings. The summed E-state index contributed by atoms with van der Waals surface area (Å²) in [6.45, 7) is 9.12. The Morgan fingerprint density at radius 2 is 2.12 bits per heavy atom. The average molecular weight is 226 g/mol. The first-order chi connectivity index (χ1) is 7.70. The van der Waals surface area contributed by atoms with Crippen LogP contribution in [0.1, 0.15) is 59.3 Å². The maximum absolute atomic E-state index is 5.94. The zero-order valence-electron chi connectivity index (χ0n) is 11.4. The van der Waals surface area contributed by atoms with Crippen LogP contribution in [0.15, 0.2) is 0 Å². The Bertz CT molecular complexity index is 182. The predicted molar refractivity (Wildman–Crippen MR) is 71.6 cm³/mol. The minimum atomic E-state index is 0.630. The molecule has 1 rings (SSSR count). The smallest absolute Gasteiger partial charge is 0.0246 e. The quantitative estimate of drug-likeness (QED) is 0.705. The summed E-state index contributed by atoms with van der Waals surface area (Å²) in [5.74, 6) is 0.785. The third-order valence-corrected chi connectivity index (χ3v) is 4.19. The second-order valence-electron chi connectivity index (χ2n) is 5.51. The Labute approximate surface area is 102 Å². The van der Waals surface area contributed by atoms with Gasteiger partial charge < -0.3 is 5.73 Å². The van der Waals surface area contributed by atoms with Crippen LogP contribution in [-0.4, -0.2) is 30.1 Å². The minimum Gasteiger partial charge on any atom is -0.329 e. The molecule has 2 nitrogen and oxygen atoms in total. The number of nitrogens with zero attached hydrogens (tertiary/aromatic N) is 1. The second kappa shape index (κ2) is 7.29. The van der Waals surface area contributed by atoms with Crippen molar-refractivity contribution >= 4 is 0 Å². The van der Waals surface area contributed by atoms with E-state index in [0.717, 1.165) is 18.5 Å². The van der Waals surface area contributed by atoms with Crippen molar-refractivity contribution in [1.82, 2.24) is 4.90 Å². The monoisotopic (exact) mass is 226 g/mol. The number of unbranched alkanes of at least 4 members (excludes halogenated alkanes) is 2. The fourth-order valence-corrected chi connectivity index (χ4v) is 3.05.